The number of benzene rings is 1. The van der Waals surface area contributed by atoms with Gasteiger partial charge in [0.1, 0.15) is 0 Å². The smallest absolute Gasteiger partial charge is 0.304 e. The molecule has 0 aliphatic rings. The molecular weight excluding hydrogens is 260 g/mol. The summed E-state index contributed by atoms with van der Waals surface area (Å²) in [5, 5.41) is 11.2. The van der Waals surface area contributed by atoms with E-state index < -0.39 is 5.97 Å². The number of ketones is 1. The van der Waals surface area contributed by atoms with Gasteiger partial charge in [0, 0.05) is 17.8 Å². The first-order chi connectivity index (χ1) is 9.38. The van der Waals surface area contributed by atoms with Crippen LogP contribution in [0, 0.1) is 0 Å². The first-order valence-corrected chi connectivity index (χ1v) is 6.19. The number of anilines is 1. The van der Waals surface area contributed by atoms with Gasteiger partial charge in [-0.15, -0.1) is 0 Å². The van der Waals surface area contributed by atoms with Gasteiger partial charge < -0.3 is 10.4 Å². The van der Waals surface area contributed by atoms with E-state index in [0.717, 1.165) is 0 Å². The van der Waals surface area contributed by atoms with Crippen molar-refractivity contribution in [2.75, 3.05) is 25.5 Å². The van der Waals surface area contributed by atoms with E-state index in [2.05, 4.69) is 5.32 Å². The van der Waals surface area contributed by atoms with Crippen LogP contribution >= 0.6 is 0 Å². The number of carboxylic acids is 1. The summed E-state index contributed by atoms with van der Waals surface area (Å²) >= 11 is 0. The van der Waals surface area contributed by atoms with Crippen molar-refractivity contribution in [1.82, 2.24) is 4.90 Å². The third-order valence-corrected chi connectivity index (χ3v) is 2.70. The Morgan fingerprint density at radius 2 is 1.80 bits per heavy atom. The number of likely N-dealkylation sites (N-methyl/N-ethyl adjacent to an activating group) is 1. The Morgan fingerprint density at radius 3 is 2.30 bits per heavy atom. The second-order valence-corrected chi connectivity index (χ2v) is 4.56. The van der Waals surface area contributed by atoms with Crippen molar-refractivity contribution < 1.29 is 19.5 Å². The molecule has 0 radical (unpaired) electrons. The third-order valence-electron chi connectivity index (χ3n) is 2.70. The minimum absolute atomic E-state index is 0.00289. The molecule has 6 nitrogen and oxygen atoms in total. The lowest BCUT2D eigenvalue weighted by molar-refractivity contribution is -0.137. The molecule has 1 aromatic rings. The average molecular weight is 278 g/mol. The summed E-state index contributed by atoms with van der Waals surface area (Å²) in [6, 6.07) is 6.61. The van der Waals surface area contributed by atoms with Crippen molar-refractivity contribution >= 4 is 23.3 Å². The van der Waals surface area contributed by atoms with Crippen molar-refractivity contribution in [1.29, 1.82) is 0 Å². The number of aliphatic carboxylic acids is 1. The molecule has 0 aromatic heterocycles. The lowest BCUT2D eigenvalue weighted by Gasteiger charge is -2.15. The predicted molar refractivity (Wildman–Crippen MR) is 74.8 cm³/mol. The van der Waals surface area contributed by atoms with Crippen LogP contribution in [0.4, 0.5) is 5.69 Å². The second-order valence-electron chi connectivity index (χ2n) is 4.56. The highest BCUT2D eigenvalue weighted by Gasteiger charge is 2.08. The Labute approximate surface area is 117 Å². The van der Waals surface area contributed by atoms with E-state index in [-0.39, 0.29) is 24.7 Å². The lowest BCUT2D eigenvalue weighted by atomic mass is 10.1. The number of carboxylic acid groups (broad SMARTS) is 1. The van der Waals surface area contributed by atoms with Gasteiger partial charge in [0.25, 0.3) is 0 Å². The maximum absolute atomic E-state index is 11.7. The molecule has 1 amide bonds. The zero-order chi connectivity index (χ0) is 15.1. The van der Waals surface area contributed by atoms with Crippen molar-refractivity contribution in [3.63, 3.8) is 0 Å². The molecule has 0 aliphatic carbocycles. The molecule has 20 heavy (non-hydrogen) atoms. The number of rotatable bonds is 7. The topological polar surface area (TPSA) is 86.7 Å². The van der Waals surface area contributed by atoms with Gasteiger partial charge in [0.15, 0.2) is 5.78 Å². The molecule has 0 saturated carbocycles. The zero-order valence-electron chi connectivity index (χ0n) is 11.5. The number of hydrogen-bond donors (Lipinski definition) is 2. The van der Waals surface area contributed by atoms with Crippen molar-refractivity contribution in [2.45, 2.75) is 13.3 Å². The van der Waals surface area contributed by atoms with Crippen molar-refractivity contribution in [3.05, 3.63) is 29.8 Å². The number of nitrogens with zero attached hydrogens (tertiary/aromatic N) is 1. The van der Waals surface area contributed by atoms with E-state index >= 15 is 0 Å². The van der Waals surface area contributed by atoms with Crippen LogP contribution in [0.1, 0.15) is 23.7 Å². The first-order valence-electron chi connectivity index (χ1n) is 6.19. The van der Waals surface area contributed by atoms with Gasteiger partial charge in [-0.1, -0.05) is 0 Å². The second kappa shape index (κ2) is 7.40. The molecule has 2 N–H and O–H groups in total. The Hall–Kier alpha value is -2.21. The Bertz CT molecular complexity index is 496. The summed E-state index contributed by atoms with van der Waals surface area (Å²) in [6.45, 7) is 1.90. The number of carbonyl (C=O) groups is 3. The summed E-state index contributed by atoms with van der Waals surface area (Å²) in [6.07, 6.45) is -0.00289. The predicted octanol–water partition coefficient (Wildman–Crippen LogP) is 1.23. The molecule has 0 spiro atoms. The maximum Gasteiger partial charge on any atom is 0.304 e. The molecule has 6 heteroatoms. The molecule has 0 aliphatic heterocycles. The summed E-state index contributed by atoms with van der Waals surface area (Å²) in [5.74, 6) is -1.15. The molecule has 0 unspecified atom stereocenters. The lowest BCUT2D eigenvalue weighted by Crippen LogP contribution is -2.31. The number of Topliss-reactive ketones (excluding diaryl/α,β-unsaturated/α-hetero) is 1. The Kier molecular flexibility index (Phi) is 5.86. The molecule has 1 aromatic carbocycles. The third kappa shape index (κ3) is 5.62. The standard InChI is InChI=1S/C14H18N2O4/c1-10(17)11-3-5-12(6-4-11)15-13(18)9-16(2)8-7-14(19)20/h3-6H,7-9H2,1-2H3,(H,15,18)(H,19,20). The van der Waals surface area contributed by atoms with Crippen molar-refractivity contribution in [2.24, 2.45) is 0 Å². The van der Waals surface area contributed by atoms with Gasteiger partial charge in [-0.2, -0.15) is 0 Å². The van der Waals surface area contributed by atoms with Gasteiger partial charge in [-0.3, -0.25) is 19.3 Å². The fourth-order valence-electron chi connectivity index (χ4n) is 1.60. The van der Waals surface area contributed by atoms with Gasteiger partial charge in [0.05, 0.1) is 13.0 Å². The molecule has 0 saturated heterocycles. The zero-order valence-corrected chi connectivity index (χ0v) is 11.5. The fourth-order valence-corrected chi connectivity index (χ4v) is 1.60. The van der Waals surface area contributed by atoms with Crippen LogP contribution in [0.2, 0.25) is 0 Å². The summed E-state index contributed by atoms with van der Waals surface area (Å²) < 4.78 is 0. The first kappa shape index (κ1) is 15.8. The summed E-state index contributed by atoms with van der Waals surface area (Å²) in [7, 11) is 1.68. The average Bonchev–Trinajstić information content (AvgIpc) is 2.36. The van der Waals surface area contributed by atoms with E-state index in [1.807, 2.05) is 0 Å². The van der Waals surface area contributed by atoms with Crippen LogP contribution < -0.4 is 5.32 Å². The molecule has 1 rings (SSSR count). The van der Waals surface area contributed by atoms with Crippen molar-refractivity contribution in [3.8, 4) is 0 Å². The molecule has 108 valence electrons. The number of carbonyl (C=O) groups excluding carboxylic acids is 2. The van der Waals surface area contributed by atoms with Crippen LogP contribution in [-0.2, 0) is 9.59 Å². The molecule has 0 heterocycles. The SMILES string of the molecule is CC(=O)c1ccc(NC(=O)CN(C)CCC(=O)O)cc1. The summed E-state index contributed by atoms with van der Waals surface area (Å²) in [5.41, 5.74) is 1.19. The van der Waals surface area contributed by atoms with Gasteiger partial charge in [0.2, 0.25) is 5.91 Å². The fraction of sp³-hybridized carbons (Fsp3) is 0.357. The van der Waals surface area contributed by atoms with Gasteiger partial charge in [-0.25, -0.2) is 0 Å². The molecule has 0 atom stereocenters. The number of amides is 1. The van der Waals surface area contributed by atoms with Crippen LogP contribution in [0.25, 0.3) is 0 Å². The Morgan fingerprint density at radius 1 is 1.20 bits per heavy atom. The van der Waals surface area contributed by atoms with E-state index in [9.17, 15) is 14.4 Å². The monoisotopic (exact) mass is 278 g/mol. The molecule has 0 bridgehead atoms. The molecule has 0 fully saturated rings. The highest BCUT2D eigenvalue weighted by molar-refractivity contribution is 5.96. The van der Waals surface area contributed by atoms with E-state index in [1.165, 1.54) is 6.92 Å². The van der Waals surface area contributed by atoms with Crippen LogP contribution in [0.5, 0.6) is 0 Å². The number of nitrogens with one attached hydrogen (secondary N) is 1. The quantitative estimate of drug-likeness (QED) is 0.733. The summed E-state index contributed by atoms with van der Waals surface area (Å²) in [4.78, 5) is 34.9. The maximum atomic E-state index is 11.7. The van der Waals surface area contributed by atoms with Gasteiger partial charge >= 0.3 is 5.97 Å². The minimum Gasteiger partial charge on any atom is -0.481 e. The molecular formula is C14H18N2O4. The van der Waals surface area contributed by atoms with E-state index in [0.29, 0.717) is 17.8 Å². The van der Waals surface area contributed by atoms with Gasteiger partial charge in [-0.05, 0) is 38.2 Å². The Balaban J connectivity index is 2.45. The largest absolute Gasteiger partial charge is 0.481 e. The minimum atomic E-state index is -0.892. The van der Waals surface area contributed by atoms with Crippen LogP contribution in [0.3, 0.4) is 0 Å². The number of hydrogen-bond acceptors (Lipinski definition) is 4. The highest BCUT2D eigenvalue weighted by atomic mass is 16.4. The van der Waals surface area contributed by atoms with Crippen LogP contribution in [0.15, 0.2) is 24.3 Å². The van der Waals surface area contributed by atoms with E-state index in [1.54, 1.807) is 36.2 Å². The van der Waals surface area contributed by atoms with E-state index in [4.69, 9.17) is 5.11 Å². The normalized spacial score (nSPS) is 10.3. The highest BCUT2D eigenvalue weighted by Crippen LogP contribution is 2.10. The van der Waals surface area contributed by atoms with Crippen LogP contribution in [-0.4, -0.2) is 47.8 Å².